The van der Waals surface area contributed by atoms with Gasteiger partial charge in [-0.3, -0.25) is 0 Å². The summed E-state index contributed by atoms with van der Waals surface area (Å²) in [5.41, 5.74) is 0.746. The van der Waals surface area contributed by atoms with E-state index >= 15 is 0 Å². The molecule has 0 saturated carbocycles. The normalized spacial score (nSPS) is 12.0. The van der Waals surface area contributed by atoms with E-state index in [0.29, 0.717) is 13.0 Å². The first-order chi connectivity index (χ1) is 7.53. The molecule has 1 aromatic rings. The zero-order valence-electron chi connectivity index (χ0n) is 8.70. The molecule has 3 nitrogen and oxygen atoms in total. The number of rotatable bonds is 6. The lowest BCUT2D eigenvalue weighted by Crippen LogP contribution is -2.18. The van der Waals surface area contributed by atoms with Crippen LogP contribution in [0.25, 0.3) is 0 Å². The fourth-order valence-corrected chi connectivity index (χ4v) is 1.34. The highest BCUT2D eigenvalue weighted by atomic mass is 19.4. The number of hydrogen-bond acceptors (Lipinski definition) is 2. The lowest BCUT2D eigenvalue weighted by Gasteiger charge is -2.09. The Bertz CT molecular complexity index is 309. The van der Waals surface area contributed by atoms with Gasteiger partial charge < -0.3 is 14.4 Å². The summed E-state index contributed by atoms with van der Waals surface area (Å²) < 4.78 is 41.4. The van der Waals surface area contributed by atoms with Gasteiger partial charge in [0.2, 0.25) is 0 Å². The van der Waals surface area contributed by atoms with Crippen LogP contribution in [0.3, 0.4) is 0 Å². The standard InChI is InChI=1S/C10H14F3NO2/c11-10(12,13)8-16-6-2-5-14-4-1-3-9(14)7-15/h1,3-4,15H,2,5-8H2. The summed E-state index contributed by atoms with van der Waals surface area (Å²) in [5, 5.41) is 8.92. The molecule has 0 amide bonds. The summed E-state index contributed by atoms with van der Waals surface area (Å²) in [5.74, 6) is 0. The molecule has 6 heteroatoms. The average Bonchev–Trinajstić information content (AvgIpc) is 2.63. The molecule has 0 atom stereocenters. The second kappa shape index (κ2) is 5.91. The van der Waals surface area contributed by atoms with Crippen molar-refractivity contribution in [3.05, 3.63) is 24.0 Å². The Morgan fingerprint density at radius 2 is 2.12 bits per heavy atom. The number of aromatic nitrogens is 1. The largest absolute Gasteiger partial charge is 0.411 e. The number of hydrogen-bond donors (Lipinski definition) is 1. The maximum absolute atomic E-state index is 11.7. The first-order valence-corrected chi connectivity index (χ1v) is 4.92. The summed E-state index contributed by atoms with van der Waals surface area (Å²) in [6.07, 6.45) is -2.00. The van der Waals surface area contributed by atoms with Gasteiger partial charge in [0.15, 0.2) is 0 Å². The predicted molar refractivity (Wildman–Crippen MR) is 51.8 cm³/mol. The lowest BCUT2D eigenvalue weighted by molar-refractivity contribution is -0.174. The van der Waals surface area contributed by atoms with Crippen LogP contribution in [0.15, 0.2) is 18.3 Å². The minimum atomic E-state index is -4.26. The van der Waals surface area contributed by atoms with Crippen molar-refractivity contribution in [2.24, 2.45) is 0 Å². The Labute approximate surface area is 91.4 Å². The Kier molecular flexibility index (Phi) is 4.82. The third-order valence-electron chi connectivity index (χ3n) is 2.04. The topological polar surface area (TPSA) is 34.4 Å². The molecule has 1 heterocycles. The van der Waals surface area contributed by atoms with E-state index in [-0.39, 0.29) is 13.2 Å². The van der Waals surface area contributed by atoms with E-state index in [2.05, 4.69) is 4.74 Å². The van der Waals surface area contributed by atoms with Crippen molar-refractivity contribution >= 4 is 0 Å². The number of halogens is 3. The molecule has 0 aliphatic rings. The van der Waals surface area contributed by atoms with Gasteiger partial charge in [-0.05, 0) is 18.6 Å². The van der Waals surface area contributed by atoms with Crippen LogP contribution in [0, 0.1) is 0 Å². The lowest BCUT2D eigenvalue weighted by atomic mass is 10.4. The van der Waals surface area contributed by atoms with E-state index in [1.165, 1.54) is 0 Å². The number of alkyl halides is 3. The van der Waals surface area contributed by atoms with Crippen LogP contribution in [-0.2, 0) is 17.9 Å². The smallest absolute Gasteiger partial charge is 0.390 e. The van der Waals surface area contributed by atoms with Crippen LogP contribution in [-0.4, -0.2) is 29.1 Å². The van der Waals surface area contributed by atoms with Crippen LogP contribution in [0.1, 0.15) is 12.1 Å². The Hall–Kier alpha value is -1.01. The van der Waals surface area contributed by atoms with Gasteiger partial charge in [0.05, 0.1) is 6.61 Å². The van der Waals surface area contributed by atoms with E-state index in [0.717, 1.165) is 5.69 Å². The van der Waals surface area contributed by atoms with Gasteiger partial charge in [-0.1, -0.05) is 0 Å². The molecule has 0 aromatic carbocycles. The zero-order chi connectivity index (χ0) is 12.0. The molecular weight excluding hydrogens is 223 g/mol. The summed E-state index contributed by atoms with van der Waals surface area (Å²) in [6.45, 7) is -0.675. The molecule has 0 bridgehead atoms. The highest BCUT2D eigenvalue weighted by molar-refractivity contribution is 5.05. The maximum Gasteiger partial charge on any atom is 0.411 e. The van der Waals surface area contributed by atoms with Gasteiger partial charge in [-0.2, -0.15) is 13.2 Å². The van der Waals surface area contributed by atoms with E-state index < -0.39 is 12.8 Å². The molecule has 0 aliphatic carbocycles. The maximum atomic E-state index is 11.7. The molecule has 16 heavy (non-hydrogen) atoms. The average molecular weight is 237 g/mol. The Morgan fingerprint density at radius 3 is 2.75 bits per heavy atom. The van der Waals surface area contributed by atoms with Crippen LogP contribution in [0.5, 0.6) is 0 Å². The molecule has 1 rings (SSSR count). The molecule has 0 aliphatic heterocycles. The highest BCUT2D eigenvalue weighted by Gasteiger charge is 2.27. The zero-order valence-corrected chi connectivity index (χ0v) is 8.70. The minimum Gasteiger partial charge on any atom is -0.390 e. The van der Waals surface area contributed by atoms with Gasteiger partial charge in [0, 0.05) is 25.0 Å². The van der Waals surface area contributed by atoms with Crippen molar-refractivity contribution in [1.82, 2.24) is 4.57 Å². The Morgan fingerprint density at radius 1 is 1.38 bits per heavy atom. The molecule has 0 saturated heterocycles. The molecule has 0 radical (unpaired) electrons. The van der Waals surface area contributed by atoms with Crippen molar-refractivity contribution in [3.8, 4) is 0 Å². The first-order valence-electron chi connectivity index (χ1n) is 4.92. The number of aryl methyl sites for hydroxylation is 1. The second-order valence-corrected chi connectivity index (χ2v) is 3.37. The van der Waals surface area contributed by atoms with Crippen molar-refractivity contribution in [2.75, 3.05) is 13.2 Å². The van der Waals surface area contributed by atoms with Gasteiger partial charge in [0.25, 0.3) is 0 Å². The molecule has 0 unspecified atom stereocenters. The van der Waals surface area contributed by atoms with E-state index in [9.17, 15) is 13.2 Å². The van der Waals surface area contributed by atoms with Crippen LogP contribution in [0.4, 0.5) is 13.2 Å². The number of aliphatic hydroxyl groups is 1. The third kappa shape index (κ3) is 4.67. The van der Waals surface area contributed by atoms with Crippen molar-refractivity contribution < 1.29 is 23.0 Å². The SMILES string of the molecule is OCc1cccn1CCCOCC(F)(F)F. The van der Waals surface area contributed by atoms with Crippen molar-refractivity contribution in [2.45, 2.75) is 25.7 Å². The first kappa shape index (κ1) is 13.1. The number of aliphatic hydroxyl groups excluding tert-OH is 1. The van der Waals surface area contributed by atoms with Gasteiger partial charge >= 0.3 is 6.18 Å². The fraction of sp³-hybridized carbons (Fsp3) is 0.600. The van der Waals surface area contributed by atoms with E-state index in [4.69, 9.17) is 5.11 Å². The molecule has 0 fully saturated rings. The fourth-order valence-electron chi connectivity index (χ4n) is 1.34. The molecule has 1 aromatic heterocycles. The predicted octanol–water partition coefficient (Wildman–Crippen LogP) is 1.95. The van der Waals surface area contributed by atoms with Crippen LogP contribution in [0.2, 0.25) is 0 Å². The van der Waals surface area contributed by atoms with Gasteiger partial charge in [0.1, 0.15) is 6.61 Å². The molecule has 92 valence electrons. The van der Waals surface area contributed by atoms with E-state index in [1.807, 2.05) is 0 Å². The van der Waals surface area contributed by atoms with Crippen LogP contribution < -0.4 is 0 Å². The molecule has 0 spiro atoms. The summed E-state index contributed by atoms with van der Waals surface area (Å²) in [7, 11) is 0. The van der Waals surface area contributed by atoms with Gasteiger partial charge in [-0.15, -0.1) is 0 Å². The molecular formula is C10H14F3NO2. The Balaban J connectivity index is 2.16. The monoisotopic (exact) mass is 237 g/mol. The summed E-state index contributed by atoms with van der Waals surface area (Å²) in [6, 6.07) is 3.54. The highest BCUT2D eigenvalue weighted by Crippen LogP contribution is 2.14. The number of nitrogens with zero attached hydrogens (tertiary/aromatic N) is 1. The summed E-state index contributed by atoms with van der Waals surface area (Å²) in [4.78, 5) is 0. The minimum absolute atomic E-state index is 0.0581. The second-order valence-electron chi connectivity index (χ2n) is 3.37. The summed E-state index contributed by atoms with van der Waals surface area (Å²) >= 11 is 0. The third-order valence-corrected chi connectivity index (χ3v) is 2.04. The molecule has 1 N–H and O–H groups in total. The number of ether oxygens (including phenoxy) is 1. The quantitative estimate of drug-likeness (QED) is 0.767. The van der Waals surface area contributed by atoms with Crippen molar-refractivity contribution in [1.29, 1.82) is 0 Å². The van der Waals surface area contributed by atoms with Crippen molar-refractivity contribution in [3.63, 3.8) is 0 Å². The van der Waals surface area contributed by atoms with Crippen LogP contribution >= 0.6 is 0 Å². The van der Waals surface area contributed by atoms with Gasteiger partial charge in [-0.25, -0.2) is 0 Å². The van der Waals surface area contributed by atoms with E-state index in [1.54, 1.807) is 22.9 Å².